The van der Waals surface area contributed by atoms with E-state index in [-0.39, 0.29) is 28.7 Å². The van der Waals surface area contributed by atoms with Gasteiger partial charge in [-0.05, 0) is 30.7 Å². The maximum atomic E-state index is 10.5. The molecule has 4 unspecified atom stereocenters. The van der Waals surface area contributed by atoms with Crippen molar-refractivity contribution in [3.63, 3.8) is 0 Å². The van der Waals surface area contributed by atoms with E-state index in [0.29, 0.717) is 17.9 Å². The molecule has 3 heterocycles. The van der Waals surface area contributed by atoms with E-state index in [1.54, 1.807) is 19.1 Å². The van der Waals surface area contributed by atoms with E-state index in [1.165, 1.54) is 23.2 Å². The summed E-state index contributed by atoms with van der Waals surface area (Å²) in [5, 5.41) is 44.0. The zero-order chi connectivity index (χ0) is 22.8. The molecule has 0 radical (unpaired) electrons. The number of aliphatic hydroxyl groups excluding tert-OH is 3. The molecule has 0 aliphatic carbocycles. The molecule has 1 aliphatic heterocycles. The number of nitrogen functional groups attached to an aromatic ring is 1. The normalized spacial score (nSPS) is 23.2. The summed E-state index contributed by atoms with van der Waals surface area (Å²) in [4.78, 5) is 12.4. The Morgan fingerprint density at radius 1 is 1.31 bits per heavy atom. The van der Waals surface area contributed by atoms with Gasteiger partial charge in [0.1, 0.15) is 24.6 Å². The van der Waals surface area contributed by atoms with Gasteiger partial charge in [-0.25, -0.2) is 20.4 Å². The van der Waals surface area contributed by atoms with Gasteiger partial charge in [0.25, 0.3) is 0 Å². The Hall–Kier alpha value is -3.52. The van der Waals surface area contributed by atoms with Gasteiger partial charge < -0.3 is 35.6 Å². The average molecular weight is 445 g/mol. The molecule has 13 heteroatoms. The number of hydrogen-bond acceptors (Lipinski definition) is 12. The number of aromatic hydroxyl groups is 1. The second-order valence-electron chi connectivity index (χ2n) is 7.00. The van der Waals surface area contributed by atoms with Gasteiger partial charge in [0.2, 0.25) is 5.95 Å². The second-order valence-corrected chi connectivity index (χ2v) is 7.00. The maximum absolute atomic E-state index is 10.5. The lowest BCUT2D eigenvalue weighted by Crippen LogP contribution is -2.33. The summed E-state index contributed by atoms with van der Waals surface area (Å²) in [5.74, 6) is 0.546. The fourth-order valence-corrected chi connectivity index (χ4v) is 3.39. The number of anilines is 2. The highest BCUT2D eigenvalue weighted by Crippen LogP contribution is 2.35. The molecule has 0 amide bonds. The second kappa shape index (κ2) is 8.92. The highest BCUT2D eigenvalue weighted by molar-refractivity contribution is 5.85. The Balaban J connectivity index is 1.67. The highest BCUT2D eigenvalue weighted by Gasteiger charge is 2.45. The van der Waals surface area contributed by atoms with Crippen LogP contribution in [0.3, 0.4) is 0 Å². The van der Waals surface area contributed by atoms with E-state index in [1.807, 2.05) is 0 Å². The number of nitrogens with zero attached hydrogens (tertiary/aromatic N) is 5. The van der Waals surface area contributed by atoms with Crippen LogP contribution < -0.4 is 15.9 Å². The third-order valence-electron chi connectivity index (χ3n) is 4.94. The fourth-order valence-electron chi connectivity index (χ4n) is 3.39. The van der Waals surface area contributed by atoms with Gasteiger partial charge in [0.05, 0.1) is 19.4 Å². The summed E-state index contributed by atoms with van der Waals surface area (Å²) in [5.41, 5.74) is 9.78. The first-order chi connectivity index (χ1) is 15.4. The Morgan fingerprint density at radius 3 is 2.84 bits per heavy atom. The monoisotopic (exact) mass is 445 g/mol. The summed E-state index contributed by atoms with van der Waals surface area (Å²) in [6.07, 6.45) is -2.08. The molecule has 1 aromatic carbocycles. The number of aliphatic hydroxyl groups is 3. The SMILES string of the molecule is CCOc1cc(C=NNc2nc3c(N)ncnc3n2C2OC(CO)C(O)C2O)ccc1O. The number of aromatic nitrogens is 4. The Labute approximate surface area is 181 Å². The topological polar surface area (TPSA) is 193 Å². The number of imidazole rings is 1. The Morgan fingerprint density at radius 2 is 2.12 bits per heavy atom. The molecule has 1 saturated heterocycles. The molecule has 1 fully saturated rings. The van der Waals surface area contributed by atoms with Crippen molar-refractivity contribution >= 4 is 29.1 Å². The molecular formula is C19H23N7O6. The van der Waals surface area contributed by atoms with E-state index in [4.69, 9.17) is 15.2 Å². The van der Waals surface area contributed by atoms with Gasteiger partial charge in [-0.2, -0.15) is 5.10 Å². The molecule has 0 saturated carbocycles. The van der Waals surface area contributed by atoms with Gasteiger partial charge in [-0.15, -0.1) is 0 Å². The third kappa shape index (κ3) is 3.89. The van der Waals surface area contributed by atoms with E-state index in [2.05, 4.69) is 25.5 Å². The average Bonchev–Trinajstić information content (AvgIpc) is 3.28. The maximum Gasteiger partial charge on any atom is 0.228 e. The number of phenols is 1. The molecule has 4 rings (SSSR count). The van der Waals surface area contributed by atoms with E-state index < -0.39 is 31.1 Å². The molecule has 0 spiro atoms. The largest absolute Gasteiger partial charge is 0.504 e. The zero-order valence-electron chi connectivity index (χ0n) is 17.0. The number of hydrogen-bond donors (Lipinski definition) is 6. The number of nitrogens with two attached hydrogens (primary N) is 1. The van der Waals surface area contributed by atoms with Crippen molar-refractivity contribution in [1.82, 2.24) is 19.5 Å². The molecule has 32 heavy (non-hydrogen) atoms. The first-order valence-electron chi connectivity index (χ1n) is 9.80. The predicted octanol–water partition coefficient (Wildman–Crippen LogP) is -0.430. The minimum absolute atomic E-state index is 0.0113. The number of ether oxygens (including phenoxy) is 2. The van der Waals surface area contributed by atoms with Crippen molar-refractivity contribution in [3.8, 4) is 11.5 Å². The summed E-state index contributed by atoms with van der Waals surface area (Å²) in [6, 6.07) is 4.74. The van der Waals surface area contributed by atoms with Gasteiger partial charge in [-0.1, -0.05) is 0 Å². The van der Waals surface area contributed by atoms with Crippen LogP contribution in [-0.2, 0) is 4.74 Å². The molecule has 13 nitrogen and oxygen atoms in total. The highest BCUT2D eigenvalue weighted by atomic mass is 16.6. The van der Waals surface area contributed by atoms with Gasteiger partial charge in [0.15, 0.2) is 34.7 Å². The van der Waals surface area contributed by atoms with Crippen molar-refractivity contribution < 1.29 is 29.9 Å². The number of hydrazone groups is 1. The van der Waals surface area contributed by atoms with Crippen LogP contribution in [0.1, 0.15) is 18.7 Å². The number of rotatable bonds is 7. The third-order valence-corrected chi connectivity index (χ3v) is 4.94. The van der Waals surface area contributed by atoms with Crippen LogP contribution in [-0.4, -0.2) is 77.7 Å². The van der Waals surface area contributed by atoms with Crippen LogP contribution in [0.4, 0.5) is 11.8 Å². The van der Waals surface area contributed by atoms with Crippen molar-refractivity contribution in [3.05, 3.63) is 30.1 Å². The Kier molecular flexibility index (Phi) is 6.05. The van der Waals surface area contributed by atoms with Crippen molar-refractivity contribution in [1.29, 1.82) is 0 Å². The van der Waals surface area contributed by atoms with Crippen molar-refractivity contribution in [2.75, 3.05) is 24.4 Å². The van der Waals surface area contributed by atoms with Gasteiger partial charge >= 0.3 is 0 Å². The summed E-state index contributed by atoms with van der Waals surface area (Å²) in [6.45, 7) is 1.71. The van der Waals surface area contributed by atoms with Crippen LogP contribution in [0.25, 0.3) is 11.2 Å². The van der Waals surface area contributed by atoms with Crippen LogP contribution in [0, 0.1) is 0 Å². The molecule has 7 N–H and O–H groups in total. The smallest absolute Gasteiger partial charge is 0.228 e. The lowest BCUT2D eigenvalue weighted by Gasteiger charge is -2.18. The number of phenolic OH excluding ortho intramolecular Hbond substituents is 1. The molecular weight excluding hydrogens is 422 g/mol. The standard InChI is InChI=1S/C19H23N7O6/c1-2-31-11-5-9(3-4-10(11)28)6-23-25-19-24-13-16(20)21-8-22-17(13)26(19)18-15(30)14(29)12(7-27)32-18/h3-6,8,12,14-15,18,27-30H,2,7H2,1H3,(H,24,25)(H2,20,21,22). The summed E-state index contributed by atoms with van der Waals surface area (Å²) < 4.78 is 12.4. The van der Waals surface area contributed by atoms with Crippen LogP contribution >= 0.6 is 0 Å². The lowest BCUT2D eigenvalue weighted by atomic mass is 10.1. The van der Waals surface area contributed by atoms with Crippen molar-refractivity contribution in [2.24, 2.45) is 5.10 Å². The van der Waals surface area contributed by atoms with Crippen LogP contribution in [0.15, 0.2) is 29.6 Å². The zero-order valence-corrected chi connectivity index (χ0v) is 17.0. The van der Waals surface area contributed by atoms with E-state index >= 15 is 0 Å². The number of benzene rings is 1. The Bertz CT molecular complexity index is 1140. The number of fused-ring (bicyclic) bond motifs is 1. The fraction of sp³-hybridized carbons (Fsp3) is 0.368. The summed E-state index contributed by atoms with van der Waals surface area (Å²) in [7, 11) is 0. The minimum Gasteiger partial charge on any atom is -0.504 e. The summed E-state index contributed by atoms with van der Waals surface area (Å²) >= 11 is 0. The van der Waals surface area contributed by atoms with Crippen LogP contribution in [0.5, 0.6) is 11.5 Å². The number of nitrogens with one attached hydrogen (secondary N) is 1. The van der Waals surface area contributed by atoms with Crippen molar-refractivity contribution in [2.45, 2.75) is 31.5 Å². The van der Waals surface area contributed by atoms with Crippen LogP contribution in [0.2, 0.25) is 0 Å². The predicted molar refractivity (Wildman–Crippen MR) is 113 cm³/mol. The molecule has 3 aromatic rings. The quantitative estimate of drug-likeness (QED) is 0.204. The lowest BCUT2D eigenvalue weighted by molar-refractivity contribution is -0.0501. The minimum atomic E-state index is -1.36. The first kappa shape index (κ1) is 21.7. The molecule has 2 aromatic heterocycles. The molecule has 170 valence electrons. The van der Waals surface area contributed by atoms with Gasteiger partial charge in [0, 0.05) is 0 Å². The molecule has 0 bridgehead atoms. The van der Waals surface area contributed by atoms with E-state index in [0.717, 1.165) is 0 Å². The van der Waals surface area contributed by atoms with E-state index in [9.17, 15) is 20.4 Å². The first-order valence-corrected chi connectivity index (χ1v) is 9.80. The molecule has 4 atom stereocenters. The molecule has 1 aliphatic rings. The van der Waals surface area contributed by atoms with Gasteiger partial charge in [-0.3, -0.25) is 4.57 Å².